The van der Waals surface area contributed by atoms with Crippen molar-refractivity contribution in [1.82, 2.24) is 4.90 Å². The Morgan fingerprint density at radius 3 is 2.55 bits per heavy atom. The van der Waals surface area contributed by atoms with Gasteiger partial charge in [-0.25, -0.2) is 4.39 Å². The van der Waals surface area contributed by atoms with Gasteiger partial charge >= 0.3 is 0 Å². The van der Waals surface area contributed by atoms with Crippen molar-refractivity contribution in [3.63, 3.8) is 0 Å². The van der Waals surface area contributed by atoms with Crippen LogP contribution in [0.3, 0.4) is 0 Å². The highest BCUT2D eigenvalue weighted by Crippen LogP contribution is 2.15. The van der Waals surface area contributed by atoms with Gasteiger partial charge in [0.1, 0.15) is 5.82 Å². The molecule has 0 spiro atoms. The topological polar surface area (TPSA) is 23.5 Å². The number of hydrogen-bond acceptors (Lipinski definition) is 2. The second-order valence-electron chi connectivity index (χ2n) is 5.52. The van der Waals surface area contributed by atoms with E-state index >= 15 is 0 Å². The maximum Gasteiger partial charge on any atom is 0.124 e. The third-order valence-electron chi connectivity index (χ3n) is 3.52. The van der Waals surface area contributed by atoms with Crippen LogP contribution < -0.4 is 0 Å². The number of hydrogen-bond donors (Lipinski definition) is 1. The summed E-state index contributed by atoms with van der Waals surface area (Å²) in [5.74, 6) is 5.99. The van der Waals surface area contributed by atoms with E-state index in [1.54, 1.807) is 6.07 Å². The third kappa shape index (κ3) is 5.32. The molecule has 1 aromatic rings. The molecule has 0 aromatic heterocycles. The van der Waals surface area contributed by atoms with Gasteiger partial charge in [-0.3, -0.25) is 4.90 Å². The van der Waals surface area contributed by atoms with Gasteiger partial charge in [0.25, 0.3) is 0 Å². The molecule has 0 aliphatic carbocycles. The lowest BCUT2D eigenvalue weighted by Gasteiger charge is -2.27. The Morgan fingerprint density at radius 1 is 1.25 bits per heavy atom. The van der Waals surface area contributed by atoms with Gasteiger partial charge in [-0.15, -0.1) is 0 Å². The molecule has 1 N–H and O–H groups in total. The zero-order chi connectivity index (χ0) is 15.1. The smallest absolute Gasteiger partial charge is 0.124 e. The molecule has 1 unspecified atom stereocenters. The molecule has 0 aliphatic rings. The summed E-state index contributed by atoms with van der Waals surface area (Å²) in [5.41, 5.74) is 1.59. The van der Waals surface area contributed by atoms with Crippen molar-refractivity contribution in [1.29, 1.82) is 0 Å². The highest BCUT2D eigenvalue weighted by Gasteiger charge is 2.13. The molecular formula is C17H24FNO. The van der Waals surface area contributed by atoms with Crippen LogP contribution in [0.5, 0.6) is 0 Å². The van der Waals surface area contributed by atoms with E-state index in [0.717, 1.165) is 5.56 Å². The fraction of sp³-hybridized carbons (Fsp3) is 0.529. The Kier molecular flexibility index (Phi) is 6.70. The zero-order valence-electron chi connectivity index (χ0n) is 12.8. The number of rotatable bonds is 5. The number of halogens is 1. The molecule has 0 aliphatic heterocycles. The highest BCUT2D eigenvalue weighted by atomic mass is 19.1. The van der Waals surface area contributed by atoms with Gasteiger partial charge in [0.05, 0.1) is 6.61 Å². The largest absolute Gasteiger partial charge is 0.395 e. The molecule has 0 fully saturated rings. The van der Waals surface area contributed by atoms with Crippen molar-refractivity contribution in [2.45, 2.75) is 39.8 Å². The molecule has 3 heteroatoms. The maximum absolute atomic E-state index is 13.6. The lowest BCUT2D eigenvalue weighted by Crippen LogP contribution is -2.32. The fourth-order valence-electron chi connectivity index (χ4n) is 1.98. The lowest BCUT2D eigenvalue weighted by molar-refractivity contribution is 0.200. The average molecular weight is 277 g/mol. The van der Waals surface area contributed by atoms with Crippen molar-refractivity contribution >= 4 is 0 Å². The Morgan fingerprint density at radius 2 is 1.95 bits per heavy atom. The van der Waals surface area contributed by atoms with E-state index in [-0.39, 0.29) is 12.4 Å². The Bertz CT molecular complexity index is 487. The molecule has 0 amide bonds. The van der Waals surface area contributed by atoms with E-state index in [4.69, 9.17) is 5.11 Å². The predicted octanol–water partition coefficient (Wildman–Crippen LogP) is 3.04. The van der Waals surface area contributed by atoms with Crippen LogP contribution in [0.4, 0.5) is 4.39 Å². The van der Waals surface area contributed by atoms with Gasteiger partial charge in [-0.2, -0.15) is 0 Å². The van der Waals surface area contributed by atoms with Crippen molar-refractivity contribution in [2.75, 3.05) is 13.7 Å². The highest BCUT2D eigenvalue weighted by molar-refractivity contribution is 5.37. The summed E-state index contributed by atoms with van der Waals surface area (Å²) < 4.78 is 13.6. The Balaban J connectivity index is 2.83. The number of benzene rings is 1. The van der Waals surface area contributed by atoms with Crippen LogP contribution in [0.25, 0.3) is 0 Å². The summed E-state index contributed by atoms with van der Waals surface area (Å²) >= 11 is 0. The molecule has 1 aromatic carbocycles. The second-order valence-corrected chi connectivity index (χ2v) is 5.52. The quantitative estimate of drug-likeness (QED) is 0.836. The van der Waals surface area contributed by atoms with Crippen LogP contribution in [-0.4, -0.2) is 29.7 Å². The molecule has 1 atom stereocenters. The normalized spacial score (nSPS) is 12.4. The summed E-state index contributed by atoms with van der Waals surface area (Å²) in [6, 6.07) is 5.33. The number of aliphatic hydroxyl groups is 1. The van der Waals surface area contributed by atoms with Gasteiger partial charge in [-0.1, -0.05) is 25.7 Å². The summed E-state index contributed by atoms with van der Waals surface area (Å²) in [4.78, 5) is 2.21. The molecule has 110 valence electrons. The fourth-order valence-corrected chi connectivity index (χ4v) is 1.98. The lowest BCUT2D eigenvalue weighted by atomic mass is 10.0. The summed E-state index contributed by atoms with van der Waals surface area (Å²) in [5, 5.41) is 8.70. The van der Waals surface area contributed by atoms with Gasteiger partial charge < -0.3 is 5.11 Å². The molecule has 0 radical (unpaired) electrons. The number of aliphatic hydroxyl groups excluding tert-OH is 1. The second kappa shape index (κ2) is 8.04. The van der Waals surface area contributed by atoms with Gasteiger partial charge in [0.15, 0.2) is 0 Å². The molecule has 0 saturated carbocycles. The molecule has 0 saturated heterocycles. The van der Waals surface area contributed by atoms with Crippen LogP contribution in [0.1, 0.15) is 38.3 Å². The van der Waals surface area contributed by atoms with E-state index in [2.05, 4.69) is 37.5 Å². The van der Waals surface area contributed by atoms with E-state index < -0.39 is 0 Å². The summed E-state index contributed by atoms with van der Waals surface area (Å²) in [6.07, 6.45) is 0.413. The van der Waals surface area contributed by atoms with Crippen LogP contribution >= 0.6 is 0 Å². The van der Waals surface area contributed by atoms with Crippen molar-refractivity contribution in [2.24, 2.45) is 5.92 Å². The molecular weight excluding hydrogens is 253 g/mol. The van der Waals surface area contributed by atoms with Crippen molar-refractivity contribution < 1.29 is 9.50 Å². The van der Waals surface area contributed by atoms with E-state index in [9.17, 15) is 4.39 Å². The number of nitrogens with zero attached hydrogens (tertiary/aromatic N) is 1. The minimum Gasteiger partial charge on any atom is -0.395 e. The maximum atomic E-state index is 13.6. The van der Waals surface area contributed by atoms with E-state index in [1.165, 1.54) is 6.07 Å². The summed E-state index contributed by atoms with van der Waals surface area (Å²) in [6.45, 7) is 7.26. The summed E-state index contributed by atoms with van der Waals surface area (Å²) in [7, 11) is 2.05. The van der Waals surface area contributed by atoms with Crippen LogP contribution in [-0.2, 0) is 6.54 Å². The van der Waals surface area contributed by atoms with Gasteiger partial charge in [0.2, 0.25) is 0 Å². The standard InChI is InChI=1S/C17H24FNO/c1-13(2)14(3)19(4)12-16-9-15(7-5-6-8-20)10-17(18)11-16/h9-11,13-14,20H,6,8,12H2,1-4H3. The van der Waals surface area contributed by atoms with Crippen LogP contribution in [0, 0.1) is 23.6 Å². The molecule has 0 bridgehead atoms. The predicted molar refractivity (Wildman–Crippen MR) is 80.7 cm³/mol. The molecule has 20 heavy (non-hydrogen) atoms. The first kappa shape index (κ1) is 16.7. The minimum atomic E-state index is -0.263. The van der Waals surface area contributed by atoms with Gasteiger partial charge in [0, 0.05) is 24.6 Å². The zero-order valence-corrected chi connectivity index (χ0v) is 12.8. The van der Waals surface area contributed by atoms with Crippen LogP contribution in [0.15, 0.2) is 18.2 Å². The Hall–Kier alpha value is -1.37. The SMILES string of the molecule is CC(C)C(C)N(C)Cc1cc(F)cc(C#CCCO)c1. The molecule has 2 nitrogen and oxygen atoms in total. The molecule has 1 rings (SSSR count). The molecule has 0 heterocycles. The van der Waals surface area contributed by atoms with E-state index in [0.29, 0.717) is 30.5 Å². The first-order valence-electron chi connectivity index (χ1n) is 7.03. The first-order chi connectivity index (χ1) is 9.43. The van der Waals surface area contributed by atoms with E-state index in [1.807, 2.05) is 13.1 Å². The first-order valence-corrected chi connectivity index (χ1v) is 7.03. The van der Waals surface area contributed by atoms with Crippen LogP contribution in [0.2, 0.25) is 0 Å². The third-order valence-corrected chi connectivity index (χ3v) is 3.52. The van der Waals surface area contributed by atoms with Crippen molar-refractivity contribution in [3.8, 4) is 11.8 Å². The van der Waals surface area contributed by atoms with Crippen molar-refractivity contribution in [3.05, 3.63) is 35.1 Å². The monoisotopic (exact) mass is 277 g/mol. The van der Waals surface area contributed by atoms with Gasteiger partial charge in [-0.05, 0) is 43.7 Å². The minimum absolute atomic E-state index is 0.0316. The average Bonchev–Trinajstić information content (AvgIpc) is 2.37. The Labute approximate surface area is 121 Å².